The first kappa shape index (κ1) is 22.9. The maximum atomic E-state index is 13.7. The molecule has 1 aliphatic heterocycles. The number of hydrogen-bond donors (Lipinski definition) is 1. The number of carbonyl (C=O) groups is 2. The van der Waals surface area contributed by atoms with Crippen LogP contribution in [0.4, 0.5) is 0 Å². The van der Waals surface area contributed by atoms with Crippen molar-refractivity contribution in [3.63, 3.8) is 0 Å². The van der Waals surface area contributed by atoms with E-state index in [1.807, 2.05) is 31.2 Å². The molecule has 0 fully saturated rings. The fraction of sp³-hybridized carbons (Fsp3) is 0.267. The number of ketones is 1. The summed E-state index contributed by atoms with van der Waals surface area (Å²) in [6.07, 6.45) is 0. The third kappa shape index (κ3) is 3.45. The maximum absolute atomic E-state index is 13.7. The van der Waals surface area contributed by atoms with E-state index in [-0.39, 0.29) is 5.78 Å². The number of benzene rings is 2. The highest BCUT2D eigenvalue weighted by Crippen LogP contribution is 2.48. The molecular weight excluding hydrogens is 436 g/mol. The Morgan fingerprint density at radius 3 is 2.29 bits per heavy atom. The van der Waals surface area contributed by atoms with Crippen molar-refractivity contribution in [2.24, 2.45) is 0 Å². The van der Waals surface area contributed by atoms with E-state index in [0.29, 0.717) is 28.3 Å². The van der Waals surface area contributed by atoms with Crippen LogP contribution in [0.2, 0.25) is 0 Å². The standard InChI is InChI=1S/C30H30N2O3/c1-16(2)20-11-13-21(14-12-20)32-17(3)15-24(19(32)5)26-25(30(34)35-6)18(4)31-28-22-9-7-8-10-23(22)29(33)27(26)28/h7-16,26,31H,1-6H3/t26-/m0/s1. The summed E-state index contributed by atoms with van der Waals surface area (Å²) in [6, 6.07) is 18.3. The molecule has 0 bridgehead atoms. The molecule has 2 aromatic carbocycles. The average Bonchev–Trinajstić information content (AvgIpc) is 3.30. The number of carbonyl (C=O) groups excluding carboxylic acids is 2. The van der Waals surface area contributed by atoms with Crippen LogP contribution in [0, 0.1) is 13.8 Å². The maximum Gasteiger partial charge on any atom is 0.336 e. The number of esters is 1. The number of ether oxygens (including phenoxy) is 1. The van der Waals surface area contributed by atoms with E-state index in [1.165, 1.54) is 12.7 Å². The van der Waals surface area contributed by atoms with Gasteiger partial charge in [0.2, 0.25) is 0 Å². The molecule has 35 heavy (non-hydrogen) atoms. The Balaban J connectivity index is 1.71. The topological polar surface area (TPSA) is 60.3 Å². The van der Waals surface area contributed by atoms with E-state index in [1.54, 1.807) is 0 Å². The number of hydrogen-bond acceptors (Lipinski definition) is 4. The molecule has 0 saturated heterocycles. The number of rotatable bonds is 4. The number of Topliss-reactive ketones (excluding diaryl/α,β-unsaturated/α-hetero) is 1. The average molecular weight is 467 g/mol. The second kappa shape index (κ2) is 8.42. The van der Waals surface area contributed by atoms with Gasteiger partial charge in [-0.15, -0.1) is 0 Å². The molecule has 0 radical (unpaired) electrons. The van der Waals surface area contributed by atoms with Crippen molar-refractivity contribution < 1.29 is 14.3 Å². The summed E-state index contributed by atoms with van der Waals surface area (Å²) in [5.74, 6) is -0.541. The lowest BCUT2D eigenvalue weighted by molar-refractivity contribution is -0.136. The van der Waals surface area contributed by atoms with Crippen LogP contribution >= 0.6 is 0 Å². The summed E-state index contributed by atoms with van der Waals surface area (Å²) < 4.78 is 7.39. The summed E-state index contributed by atoms with van der Waals surface area (Å²) in [6.45, 7) is 10.3. The minimum absolute atomic E-state index is 0.0481. The second-order valence-electron chi connectivity index (χ2n) is 9.66. The zero-order valence-corrected chi connectivity index (χ0v) is 21.0. The number of nitrogens with one attached hydrogen (secondary N) is 1. The van der Waals surface area contributed by atoms with Gasteiger partial charge in [0.25, 0.3) is 0 Å². The molecule has 3 aromatic rings. The van der Waals surface area contributed by atoms with Crippen molar-refractivity contribution in [1.82, 2.24) is 9.88 Å². The molecule has 2 aliphatic rings. The van der Waals surface area contributed by atoms with Gasteiger partial charge in [-0.25, -0.2) is 4.79 Å². The minimum atomic E-state index is -0.520. The molecule has 2 heterocycles. The van der Waals surface area contributed by atoms with E-state index >= 15 is 0 Å². The minimum Gasteiger partial charge on any atom is -0.466 e. The Morgan fingerprint density at radius 2 is 1.66 bits per heavy atom. The van der Waals surface area contributed by atoms with Crippen molar-refractivity contribution >= 4 is 17.4 Å². The van der Waals surface area contributed by atoms with E-state index < -0.39 is 11.9 Å². The zero-order chi connectivity index (χ0) is 25.0. The molecule has 5 nitrogen and oxygen atoms in total. The first-order valence-electron chi connectivity index (χ1n) is 12.0. The van der Waals surface area contributed by atoms with E-state index in [2.05, 4.69) is 67.9 Å². The Morgan fingerprint density at radius 1 is 1.00 bits per heavy atom. The third-order valence-corrected chi connectivity index (χ3v) is 7.25. The second-order valence-corrected chi connectivity index (χ2v) is 9.66. The molecule has 1 aromatic heterocycles. The number of methoxy groups -OCH3 is 1. The highest BCUT2D eigenvalue weighted by molar-refractivity contribution is 6.23. The fourth-order valence-corrected chi connectivity index (χ4v) is 5.51. The van der Waals surface area contributed by atoms with E-state index in [9.17, 15) is 9.59 Å². The van der Waals surface area contributed by atoms with Crippen molar-refractivity contribution in [2.45, 2.75) is 46.5 Å². The number of dihydropyridines is 1. The number of aryl methyl sites for hydroxylation is 1. The van der Waals surface area contributed by atoms with Gasteiger partial charge >= 0.3 is 5.97 Å². The van der Waals surface area contributed by atoms with E-state index in [4.69, 9.17) is 4.74 Å². The number of aromatic nitrogens is 1. The van der Waals surface area contributed by atoms with Crippen LogP contribution in [0.5, 0.6) is 0 Å². The highest BCUT2D eigenvalue weighted by atomic mass is 16.5. The van der Waals surface area contributed by atoms with Crippen molar-refractivity contribution in [2.75, 3.05) is 7.11 Å². The molecule has 1 N–H and O–H groups in total. The third-order valence-electron chi connectivity index (χ3n) is 7.25. The van der Waals surface area contributed by atoms with Crippen molar-refractivity contribution in [3.05, 3.63) is 105 Å². The number of allylic oxidation sites excluding steroid dienone is 2. The van der Waals surface area contributed by atoms with Gasteiger partial charge in [-0.3, -0.25) is 4.79 Å². The summed E-state index contributed by atoms with van der Waals surface area (Å²) in [5.41, 5.74) is 9.41. The Bertz CT molecular complexity index is 1430. The van der Waals surface area contributed by atoms with Crippen LogP contribution in [-0.2, 0) is 9.53 Å². The van der Waals surface area contributed by atoms with Gasteiger partial charge in [0.15, 0.2) is 5.78 Å². The Kier molecular flexibility index (Phi) is 5.51. The largest absolute Gasteiger partial charge is 0.466 e. The smallest absolute Gasteiger partial charge is 0.336 e. The molecule has 1 atom stereocenters. The predicted molar refractivity (Wildman–Crippen MR) is 138 cm³/mol. The SMILES string of the molecule is COC(=O)C1=C(C)NC2=C(C(=O)c3ccccc32)[C@H]1c1cc(C)n(-c2ccc(C(C)C)cc2)c1C. The van der Waals surface area contributed by atoms with Gasteiger partial charge in [0, 0.05) is 39.5 Å². The molecular formula is C30H30N2O3. The molecule has 178 valence electrons. The number of nitrogens with zero attached hydrogens (tertiary/aromatic N) is 1. The lowest BCUT2D eigenvalue weighted by Crippen LogP contribution is -2.29. The molecule has 0 unspecified atom stereocenters. The van der Waals surface area contributed by atoms with Crippen molar-refractivity contribution in [3.8, 4) is 5.69 Å². The Labute approximate surface area is 206 Å². The first-order chi connectivity index (χ1) is 16.7. The van der Waals surface area contributed by atoms with Gasteiger partial charge in [-0.2, -0.15) is 0 Å². The summed E-state index contributed by atoms with van der Waals surface area (Å²) in [7, 11) is 1.38. The van der Waals surface area contributed by atoms with E-state index in [0.717, 1.165) is 33.9 Å². The zero-order valence-electron chi connectivity index (χ0n) is 21.0. The summed E-state index contributed by atoms with van der Waals surface area (Å²) in [4.78, 5) is 26.7. The Hall–Kier alpha value is -3.86. The molecule has 0 amide bonds. The molecule has 0 saturated carbocycles. The van der Waals surface area contributed by atoms with Crippen LogP contribution in [-0.4, -0.2) is 23.4 Å². The lowest BCUT2D eigenvalue weighted by Gasteiger charge is -2.29. The van der Waals surface area contributed by atoms with Gasteiger partial charge in [0.05, 0.1) is 24.3 Å². The number of fused-ring (bicyclic) bond motifs is 2. The monoisotopic (exact) mass is 466 g/mol. The normalized spacial score (nSPS) is 17.0. The van der Waals surface area contributed by atoms with Gasteiger partial charge in [-0.1, -0.05) is 50.2 Å². The quantitative estimate of drug-likeness (QED) is 0.482. The molecule has 0 spiro atoms. The molecule has 1 aliphatic carbocycles. The summed E-state index contributed by atoms with van der Waals surface area (Å²) in [5, 5.41) is 3.35. The predicted octanol–water partition coefficient (Wildman–Crippen LogP) is 5.96. The molecule has 5 rings (SSSR count). The van der Waals surface area contributed by atoms with Crippen molar-refractivity contribution in [1.29, 1.82) is 0 Å². The van der Waals surface area contributed by atoms with Crippen LogP contribution in [0.15, 0.2) is 71.4 Å². The highest BCUT2D eigenvalue weighted by Gasteiger charge is 2.43. The van der Waals surface area contributed by atoms with Gasteiger partial charge < -0.3 is 14.6 Å². The summed E-state index contributed by atoms with van der Waals surface area (Å²) >= 11 is 0. The van der Waals surface area contributed by atoms with Crippen LogP contribution < -0.4 is 5.32 Å². The lowest BCUT2D eigenvalue weighted by atomic mass is 9.79. The van der Waals surface area contributed by atoms with Crippen LogP contribution in [0.25, 0.3) is 11.4 Å². The van der Waals surface area contributed by atoms with Crippen LogP contribution in [0.3, 0.4) is 0 Å². The van der Waals surface area contributed by atoms with Gasteiger partial charge in [0.1, 0.15) is 0 Å². The van der Waals surface area contributed by atoms with Crippen LogP contribution in [0.1, 0.15) is 71.0 Å². The fourth-order valence-electron chi connectivity index (χ4n) is 5.51. The first-order valence-corrected chi connectivity index (χ1v) is 12.0. The van der Waals surface area contributed by atoms with Gasteiger partial charge in [-0.05, 0) is 56.0 Å². The molecule has 5 heteroatoms.